The molecule has 16 heavy (non-hydrogen) atoms. The smallest absolute Gasteiger partial charge is 0.168 e. The SMILES string of the molecule is N#CC1(C#N)CC=CCC2C=CC=CC=C21. The van der Waals surface area contributed by atoms with Crippen molar-refractivity contribution in [1.29, 1.82) is 10.5 Å². The van der Waals surface area contributed by atoms with Crippen LogP contribution in [0, 0.1) is 34.0 Å². The van der Waals surface area contributed by atoms with E-state index in [0.717, 1.165) is 12.0 Å². The summed E-state index contributed by atoms with van der Waals surface area (Å²) in [4.78, 5) is 0. The molecule has 1 unspecified atom stereocenters. The minimum atomic E-state index is -0.989. The molecule has 0 spiro atoms. The Hall–Kier alpha value is -2.06. The summed E-state index contributed by atoms with van der Waals surface area (Å²) in [6.45, 7) is 0. The van der Waals surface area contributed by atoms with Gasteiger partial charge < -0.3 is 0 Å². The van der Waals surface area contributed by atoms with Crippen molar-refractivity contribution in [2.45, 2.75) is 12.8 Å². The van der Waals surface area contributed by atoms with Crippen LogP contribution in [-0.2, 0) is 0 Å². The van der Waals surface area contributed by atoms with Crippen molar-refractivity contribution in [1.82, 2.24) is 0 Å². The average molecular weight is 208 g/mol. The summed E-state index contributed by atoms with van der Waals surface area (Å²) in [6, 6.07) is 4.37. The fraction of sp³-hybridized carbons (Fsp3) is 0.286. The van der Waals surface area contributed by atoms with E-state index in [2.05, 4.69) is 24.3 Å². The van der Waals surface area contributed by atoms with Crippen LogP contribution < -0.4 is 0 Å². The number of nitrogens with zero attached hydrogens (tertiary/aromatic N) is 2. The predicted molar refractivity (Wildman–Crippen MR) is 61.9 cm³/mol. The molecule has 2 rings (SSSR count). The first-order valence-corrected chi connectivity index (χ1v) is 5.35. The lowest BCUT2D eigenvalue weighted by Crippen LogP contribution is -2.22. The van der Waals surface area contributed by atoms with Gasteiger partial charge in [-0.25, -0.2) is 0 Å². The standard InChI is InChI=1S/C14H12N2/c15-10-14(11-16)9-5-4-7-12-6-2-1-3-8-13(12)14/h1-6,8,12H,7,9H2. The van der Waals surface area contributed by atoms with E-state index in [4.69, 9.17) is 0 Å². The molecule has 1 atom stereocenters. The Morgan fingerprint density at radius 1 is 1.12 bits per heavy atom. The Balaban J connectivity index is 2.54. The van der Waals surface area contributed by atoms with E-state index >= 15 is 0 Å². The Bertz CT molecular complexity index is 464. The first-order valence-electron chi connectivity index (χ1n) is 5.35. The van der Waals surface area contributed by atoms with Crippen LogP contribution in [0.1, 0.15) is 12.8 Å². The Labute approximate surface area is 95.5 Å². The first kappa shape index (κ1) is 10.5. The van der Waals surface area contributed by atoms with Crippen LogP contribution in [0.25, 0.3) is 0 Å². The van der Waals surface area contributed by atoms with Crippen molar-refractivity contribution in [3.63, 3.8) is 0 Å². The van der Waals surface area contributed by atoms with Crippen LogP contribution in [0.5, 0.6) is 0 Å². The van der Waals surface area contributed by atoms with Gasteiger partial charge in [-0.3, -0.25) is 0 Å². The van der Waals surface area contributed by atoms with Gasteiger partial charge in [-0.05, 0) is 12.0 Å². The highest BCUT2D eigenvalue weighted by molar-refractivity contribution is 5.42. The maximum atomic E-state index is 9.30. The van der Waals surface area contributed by atoms with Gasteiger partial charge in [-0.1, -0.05) is 42.5 Å². The summed E-state index contributed by atoms with van der Waals surface area (Å²) in [6.07, 6.45) is 15.2. The average Bonchev–Trinajstić information content (AvgIpc) is 2.63. The lowest BCUT2D eigenvalue weighted by atomic mass is 9.74. The second kappa shape index (κ2) is 4.21. The third-order valence-corrected chi connectivity index (χ3v) is 3.10. The van der Waals surface area contributed by atoms with Crippen LogP contribution in [0.3, 0.4) is 0 Å². The van der Waals surface area contributed by atoms with Crippen LogP contribution >= 0.6 is 0 Å². The van der Waals surface area contributed by atoms with E-state index in [1.807, 2.05) is 30.4 Å². The molecule has 2 aliphatic rings. The van der Waals surface area contributed by atoms with Crippen LogP contribution in [0.15, 0.2) is 48.1 Å². The molecule has 2 nitrogen and oxygen atoms in total. The van der Waals surface area contributed by atoms with Crippen molar-refractivity contribution < 1.29 is 0 Å². The molecule has 78 valence electrons. The normalized spacial score (nSPS) is 25.6. The summed E-state index contributed by atoms with van der Waals surface area (Å²) < 4.78 is 0. The first-order chi connectivity index (χ1) is 7.82. The Kier molecular flexibility index (Phi) is 2.75. The second-order valence-electron chi connectivity index (χ2n) is 4.04. The third-order valence-electron chi connectivity index (χ3n) is 3.10. The number of nitriles is 2. The van der Waals surface area contributed by atoms with Gasteiger partial charge in [0.05, 0.1) is 12.1 Å². The molecule has 0 saturated carbocycles. The highest BCUT2D eigenvalue weighted by Gasteiger charge is 2.37. The monoisotopic (exact) mass is 208 g/mol. The molecule has 0 aromatic carbocycles. The maximum absolute atomic E-state index is 9.30. The van der Waals surface area contributed by atoms with E-state index in [1.54, 1.807) is 0 Å². The van der Waals surface area contributed by atoms with E-state index in [0.29, 0.717) is 6.42 Å². The topological polar surface area (TPSA) is 47.6 Å². The summed E-state index contributed by atoms with van der Waals surface area (Å²) >= 11 is 0. The Morgan fingerprint density at radius 2 is 1.94 bits per heavy atom. The molecule has 0 fully saturated rings. The van der Waals surface area contributed by atoms with E-state index in [1.165, 1.54) is 0 Å². The Morgan fingerprint density at radius 3 is 2.69 bits per heavy atom. The molecule has 2 aliphatic carbocycles. The summed E-state index contributed by atoms with van der Waals surface area (Å²) in [5.74, 6) is 0.174. The lowest BCUT2D eigenvalue weighted by molar-refractivity contribution is 0.566. The molecule has 0 radical (unpaired) electrons. The molecular weight excluding hydrogens is 196 g/mol. The number of rotatable bonds is 0. The molecule has 0 aromatic rings. The zero-order chi connectivity index (χ0) is 11.4. The van der Waals surface area contributed by atoms with E-state index in [9.17, 15) is 10.5 Å². The predicted octanol–water partition coefficient (Wildman–Crippen LogP) is 3.04. The van der Waals surface area contributed by atoms with Crippen molar-refractivity contribution in [2.24, 2.45) is 11.3 Å². The second-order valence-corrected chi connectivity index (χ2v) is 4.04. The minimum absolute atomic E-state index is 0.174. The van der Waals surface area contributed by atoms with Crippen molar-refractivity contribution in [3.8, 4) is 12.1 Å². The molecule has 0 bridgehead atoms. The number of allylic oxidation sites excluding steroid dienone is 8. The molecule has 0 saturated heterocycles. The molecule has 0 aromatic heterocycles. The zero-order valence-corrected chi connectivity index (χ0v) is 8.93. The fourth-order valence-corrected chi connectivity index (χ4v) is 2.18. The van der Waals surface area contributed by atoms with Crippen LogP contribution in [-0.4, -0.2) is 0 Å². The number of hydrogen-bond acceptors (Lipinski definition) is 2. The minimum Gasteiger partial charge on any atom is -0.196 e. The molecule has 0 N–H and O–H groups in total. The van der Waals surface area contributed by atoms with Gasteiger partial charge in [0.1, 0.15) is 0 Å². The van der Waals surface area contributed by atoms with E-state index in [-0.39, 0.29) is 5.92 Å². The maximum Gasteiger partial charge on any atom is 0.168 e. The van der Waals surface area contributed by atoms with Gasteiger partial charge in [0.25, 0.3) is 0 Å². The van der Waals surface area contributed by atoms with Gasteiger partial charge in [0.15, 0.2) is 5.41 Å². The van der Waals surface area contributed by atoms with Crippen LogP contribution in [0.2, 0.25) is 0 Å². The van der Waals surface area contributed by atoms with Crippen LogP contribution in [0.4, 0.5) is 0 Å². The highest BCUT2D eigenvalue weighted by Crippen LogP contribution is 2.40. The molecule has 0 aliphatic heterocycles. The van der Waals surface area contributed by atoms with Crippen molar-refractivity contribution in [3.05, 3.63) is 48.1 Å². The van der Waals surface area contributed by atoms with Crippen molar-refractivity contribution >= 4 is 0 Å². The largest absolute Gasteiger partial charge is 0.196 e. The summed E-state index contributed by atoms with van der Waals surface area (Å²) in [5.41, 5.74) is -0.0658. The summed E-state index contributed by atoms with van der Waals surface area (Å²) in [5, 5.41) is 18.6. The molecule has 2 heteroatoms. The zero-order valence-electron chi connectivity index (χ0n) is 8.93. The van der Waals surface area contributed by atoms with Gasteiger partial charge in [-0.2, -0.15) is 10.5 Å². The lowest BCUT2D eigenvalue weighted by Gasteiger charge is -2.23. The van der Waals surface area contributed by atoms with Gasteiger partial charge in [-0.15, -0.1) is 0 Å². The van der Waals surface area contributed by atoms with Gasteiger partial charge in [0, 0.05) is 12.3 Å². The number of fused-ring (bicyclic) bond motifs is 1. The van der Waals surface area contributed by atoms with Gasteiger partial charge >= 0.3 is 0 Å². The molecular formula is C14H12N2. The van der Waals surface area contributed by atoms with E-state index < -0.39 is 5.41 Å². The molecule has 0 amide bonds. The number of hydrogen-bond donors (Lipinski definition) is 0. The molecule has 0 heterocycles. The highest BCUT2D eigenvalue weighted by atomic mass is 14.4. The van der Waals surface area contributed by atoms with Gasteiger partial charge in [0.2, 0.25) is 0 Å². The summed E-state index contributed by atoms with van der Waals surface area (Å²) in [7, 11) is 0. The fourth-order valence-electron chi connectivity index (χ4n) is 2.18. The van der Waals surface area contributed by atoms with Crippen molar-refractivity contribution in [2.75, 3.05) is 0 Å². The quantitative estimate of drug-likeness (QED) is 0.574. The third kappa shape index (κ3) is 1.59.